The summed E-state index contributed by atoms with van der Waals surface area (Å²) < 4.78 is 11.4. The Kier molecular flexibility index (Phi) is 10.4. The number of esters is 1. The van der Waals surface area contributed by atoms with Gasteiger partial charge in [-0.15, -0.1) is 0 Å². The number of rotatable bonds is 13. The normalized spacial score (nSPS) is 17.5. The molecule has 0 saturated heterocycles. The van der Waals surface area contributed by atoms with E-state index in [-0.39, 0.29) is 30.3 Å². The van der Waals surface area contributed by atoms with Crippen LogP contribution in [0.15, 0.2) is 18.2 Å². The summed E-state index contributed by atoms with van der Waals surface area (Å²) in [6.45, 7) is 3.49. The van der Waals surface area contributed by atoms with Crippen molar-refractivity contribution in [2.45, 2.75) is 96.4 Å². The van der Waals surface area contributed by atoms with Crippen LogP contribution in [0.2, 0.25) is 0 Å². The molecule has 6 nitrogen and oxygen atoms in total. The molecule has 3 N–H and O–H groups in total. The zero-order valence-electron chi connectivity index (χ0n) is 18.4. The maximum absolute atomic E-state index is 11.5. The molecule has 0 radical (unpaired) electrons. The maximum atomic E-state index is 11.5. The molecular weight excluding hydrogens is 384 g/mol. The molecule has 1 aliphatic carbocycles. The fourth-order valence-corrected chi connectivity index (χ4v) is 4.26. The van der Waals surface area contributed by atoms with Crippen molar-refractivity contribution in [3.8, 4) is 11.5 Å². The van der Waals surface area contributed by atoms with Gasteiger partial charge in [0, 0.05) is 20.0 Å². The number of carbonyl (C=O) groups is 1. The van der Waals surface area contributed by atoms with Crippen LogP contribution in [0.5, 0.6) is 11.5 Å². The number of benzene rings is 1. The third kappa shape index (κ3) is 8.52. The van der Waals surface area contributed by atoms with Crippen molar-refractivity contribution in [3.63, 3.8) is 0 Å². The highest BCUT2D eigenvalue weighted by Crippen LogP contribution is 2.32. The number of ether oxygens (including phenoxy) is 2. The molecule has 2 rings (SSSR count). The van der Waals surface area contributed by atoms with Crippen molar-refractivity contribution >= 4 is 5.97 Å². The predicted molar refractivity (Wildman–Crippen MR) is 116 cm³/mol. The lowest BCUT2D eigenvalue weighted by Crippen LogP contribution is -2.26. The summed E-state index contributed by atoms with van der Waals surface area (Å²) in [5.41, 5.74) is 0.992. The molecule has 1 aromatic carbocycles. The van der Waals surface area contributed by atoms with Gasteiger partial charge in [0.2, 0.25) is 0 Å². The Labute approximate surface area is 180 Å². The standard InChI is InChI=1S/C24H38O6/c1-3-6-19(16-25)13-20(27)15-22(29-17(2)26)11-9-18-10-12-23(28)24(14-18)30-21-7-4-5-8-21/h10,12,14,19-22,25,27-28H,3-9,11,13,15-16H2,1-2H3. The molecule has 1 aliphatic rings. The number of aryl methyl sites for hydroxylation is 1. The largest absolute Gasteiger partial charge is 0.504 e. The van der Waals surface area contributed by atoms with Crippen LogP contribution in [0.25, 0.3) is 0 Å². The number of carbonyl (C=O) groups excluding carboxylic acids is 1. The van der Waals surface area contributed by atoms with E-state index in [2.05, 4.69) is 6.92 Å². The van der Waals surface area contributed by atoms with Crippen LogP contribution < -0.4 is 4.74 Å². The molecule has 1 aromatic rings. The number of phenols is 1. The summed E-state index contributed by atoms with van der Waals surface area (Å²) in [6.07, 6.45) is 7.38. The zero-order chi connectivity index (χ0) is 21.9. The fourth-order valence-electron chi connectivity index (χ4n) is 4.26. The summed E-state index contributed by atoms with van der Waals surface area (Å²) in [6, 6.07) is 5.35. The van der Waals surface area contributed by atoms with Gasteiger partial charge in [0.1, 0.15) is 6.10 Å². The van der Waals surface area contributed by atoms with E-state index >= 15 is 0 Å². The molecule has 1 fully saturated rings. The van der Waals surface area contributed by atoms with Gasteiger partial charge in [-0.3, -0.25) is 4.79 Å². The molecule has 0 amide bonds. The van der Waals surface area contributed by atoms with Crippen LogP contribution in [-0.4, -0.2) is 46.2 Å². The first-order valence-electron chi connectivity index (χ1n) is 11.4. The van der Waals surface area contributed by atoms with Crippen molar-refractivity contribution in [1.82, 2.24) is 0 Å². The number of aliphatic hydroxyl groups excluding tert-OH is 2. The molecule has 0 aliphatic heterocycles. The van der Waals surface area contributed by atoms with Crippen LogP contribution in [0.3, 0.4) is 0 Å². The van der Waals surface area contributed by atoms with Crippen molar-refractivity contribution in [2.24, 2.45) is 5.92 Å². The first-order valence-corrected chi connectivity index (χ1v) is 11.4. The Hall–Kier alpha value is -1.79. The SMILES string of the molecule is CCCC(CO)CC(O)CC(CCc1ccc(O)c(OC2CCCC2)c1)OC(C)=O. The van der Waals surface area contributed by atoms with Gasteiger partial charge in [-0.1, -0.05) is 19.4 Å². The lowest BCUT2D eigenvalue weighted by atomic mass is 9.93. The summed E-state index contributed by atoms with van der Waals surface area (Å²) in [5.74, 6) is 0.350. The van der Waals surface area contributed by atoms with Gasteiger partial charge in [0.15, 0.2) is 11.5 Å². The summed E-state index contributed by atoms with van der Waals surface area (Å²) >= 11 is 0. The molecule has 30 heavy (non-hydrogen) atoms. The molecule has 3 unspecified atom stereocenters. The van der Waals surface area contributed by atoms with E-state index in [0.717, 1.165) is 44.1 Å². The van der Waals surface area contributed by atoms with E-state index < -0.39 is 12.2 Å². The van der Waals surface area contributed by atoms with Crippen molar-refractivity contribution in [3.05, 3.63) is 23.8 Å². The minimum absolute atomic E-state index is 0.0560. The highest BCUT2D eigenvalue weighted by atomic mass is 16.5. The van der Waals surface area contributed by atoms with Crippen LogP contribution in [0, 0.1) is 5.92 Å². The molecule has 3 atom stereocenters. The van der Waals surface area contributed by atoms with E-state index in [0.29, 0.717) is 31.4 Å². The predicted octanol–water partition coefficient (Wildman–Crippen LogP) is 4.13. The molecular formula is C24H38O6. The van der Waals surface area contributed by atoms with Crippen LogP contribution in [-0.2, 0) is 16.0 Å². The summed E-state index contributed by atoms with van der Waals surface area (Å²) in [5, 5.41) is 30.0. The average Bonchev–Trinajstić information content (AvgIpc) is 3.20. The Morgan fingerprint density at radius 3 is 2.57 bits per heavy atom. The molecule has 170 valence electrons. The highest BCUT2D eigenvalue weighted by Gasteiger charge is 2.21. The topological polar surface area (TPSA) is 96.2 Å². The second-order valence-corrected chi connectivity index (χ2v) is 8.56. The van der Waals surface area contributed by atoms with Crippen LogP contribution in [0.1, 0.15) is 77.2 Å². The van der Waals surface area contributed by atoms with Crippen LogP contribution in [0.4, 0.5) is 0 Å². The van der Waals surface area contributed by atoms with E-state index in [9.17, 15) is 20.1 Å². The zero-order valence-corrected chi connectivity index (χ0v) is 18.4. The number of hydrogen-bond acceptors (Lipinski definition) is 6. The van der Waals surface area contributed by atoms with E-state index in [1.54, 1.807) is 6.07 Å². The Bertz CT molecular complexity index is 641. The average molecular weight is 423 g/mol. The van der Waals surface area contributed by atoms with E-state index in [1.807, 2.05) is 12.1 Å². The molecule has 6 heteroatoms. The van der Waals surface area contributed by atoms with Crippen LogP contribution >= 0.6 is 0 Å². The quantitative estimate of drug-likeness (QED) is 0.414. The molecule has 0 heterocycles. The van der Waals surface area contributed by atoms with Gasteiger partial charge in [-0.25, -0.2) is 0 Å². The minimum atomic E-state index is -0.626. The van der Waals surface area contributed by atoms with Gasteiger partial charge in [-0.2, -0.15) is 0 Å². The van der Waals surface area contributed by atoms with Crippen molar-refractivity contribution in [2.75, 3.05) is 6.61 Å². The number of phenolic OH excluding ortho intramolecular Hbond substituents is 1. The third-order valence-corrected chi connectivity index (χ3v) is 5.80. The van der Waals surface area contributed by atoms with Gasteiger partial charge >= 0.3 is 5.97 Å². The Morgan fingerprint density at radius 1 is 1.20 bits per heavy atom. The van der Waals surface area contributed by atoms with Gasteiger partial charge < -0.3 is 24.8 Å². The second-order valence-electron chi connectivity index (χ2n) is 8.56. The first kappa shape index (κ1) is 24.5. The fraction of sp³-hybridized carbons (Fsp3) is 0.708. The Morgan fingerprint density at radius 2 is 1.93 bits per heavy atom. The molecule has 0 spiro atoms. The monoisotopic (exact) mass is 422 g/mol. The highest BCUT2D eigenvalue weighted by molar-refractivity contribution is 5.66. The van der Waals surface area contributed by atoms with Crippen molar-refractivity contribution < 1.29 is 29.6 Å². The van der Waals surface area contributed by atoms with Gasteiger partial charge in [-0.05, 0) is 75.0 Å². The second kappa shape index (κ2) is 12.8. The van der Waals surface area contributed by atoms with Gasteiger partial charge in [0.25, 0.3) is 0 Å². The Balaban J connectivity index is 1.93. The number of hydrogen-bond donors (Lipinski definition) is 3. The molecule has 0 aromatic heterocycles. The maximum Gasteiger partial charge on any atom is 0.302 e. The van der Waals surface area contributed by atoms with E-state index in [1.165, 1.54) is 6.92 Å². The summed E-state index contributed by atoms with van der Waals surface area (Å²) in [7, 11) is 0. The third-order valence-electron chi connectivity index (χ3n) is 5.80. The molecule has 1 saturated carbocycles. The number of aliphatic hydroxyl groups is 2. The smallest absolute Gasteiger partial charge is 0.302 e. The minimum Gasteiger partial charge on any atom is -0.504 e. The lowest BCUT2D eigenvalue weighted by Gasteiger charge is -2.23. The number of aromatic hydroxyl groups is 1. The molecule has 0 bridgehead atoms. The van der Waals surface area contributed by atoms with Gasteiger partial charge in [0.05, 0.1) is 12.2 Å². The summed E-state index contributed by atoms with van der Waals surface area (Å²) in [4.78, 5) is 11.5. The van der Waals surface area contributed by atoms with Crippen molar-refractivity contribution in [1.29, 1.82) is 0 Å². The van der Waals surface area contributed by atoms with E-state index in [4.69, 9.17) is 9.47 Å². The first-order chi connectivity index (χ1) is 14.4. The lowest BCUT2D eigenvalue weighted by molar-refractivity contribution is -0.148.